The number of hydrogen-bond acceptors (Lipinski definition) is 3. The summed E-state index contributed by atoms with van der Waals surface area (Å²) in [5, 5.41) is 9.67. The van der Waals surface area contributed by atoms with Crippen LogP contribution in [0.2, 0.25) is 0 Å². The molecule has 21 heavy (non-hydrogen) atoms. The van der Waals surface area contributed by atoms with E-state index in [0.29, 0.717) is 12.2 Å². The maximum absolute atomic E-state index is 10.9. The van der Waals surface area contributed by atoms with Crippen LogP contribution < -0.4 is 4.74 Å². The Morgan fingerprint density at radius 2 is 2.05 bits per heavy atom. The standard InChI is InChI=1S/C16H11IO4/c17-12-2-1-3-13(8-12)20-9-10-4-5-14-11(6-10)7-15(21-14)16(18)19/h1-8H,9H2,(H,18,19). The topological polar surface area (TPSA) is 59.7 Å². The second-order valence-corrected chi connectivity index (χ2v) is 5.78. The molecule has 0 aliphatic rings. The van der Waals surface area contributed by atoms with Crippen molar-refractivity contribution < 1.29 is 19.1 Å². The van der Waals surface area contributed by atoms with E-state index in [4.69, 9.17) is 14.3 Å². The van der Waals surface area contributed by atoms with Crippen molar-refractivity contribution in [2.45, 2.75) is 6.61 Å². The molecule has 0 atom stereocenters. The van der Waals surface area contributed by atoms with Gasteiger partial charge in [-0.15, -0.1) is 0 Å². The van der Waals surface area contributed by atoms with Gasteiger partial charge < -0.3 is 14.3 Å². The van der Waals surface area contributed by atoms with Gasteiger partial charge in [-0.3, -0.25) is 0 Å². The van der Waals surface area contributed by atoms with Crippen LogP contribution in [0.15, 0.2) is 52.9 Å². The summed E-state index contributed by atoms with van der Waals surface area (Å²) >= 11 is 2.23. The number of ether oxygens (including phenoxy) is 1. The fourth-order valence-corrected chi connectivity index (χ4v) is 2.53. The summed E-state index contributed by atoms with van der Waals surface area (Å²) in [7, 11) is 0. The fraction of sp³-hybridized carbons (Fsp3) is 0.0625. The Morgan fingerprint density at radius 3 is 2.81 bits per heavy atom. The van der Waals surface area contributed by atoms with E-state index in [1.807, 2.05) is 36.4 Å². The van der Waals surface area contributed by atoms with E-state index >= 15 is 0 Å². The molecule has 2 aromatic carbocycles. The van der Waals surface area contributed by atoms with E-state index in [2.05, 4.69) is 22.6 Å². The van der Waals surface area contributed by atoms with Gasteiger partial charge in [0.1, 0.15) is 17.9 Å². The van der Waals surface area contributed by atoms with E-state index in [1.54, 1.807) is 6.07 Å². The minimum atomic E-state index is -1.07. The number of carboxylic acids is 1. The van der Waals surface area contributed by atoms with Crippen LogP contribution in [0.1, 0.15) is 16.1 Å². The maximum Gasteiger partial charge on any atom is 0.371 e. The Labute approximate surface area is 134 Å². The molecule has 106 valence electrons. The third kappa shape index (κ3) is 3.18. The third-order valence-corrected chi connectivity index (χ3v) is 3.66. The SMILES string of the molecule is O=C(O)c1cc2cc(COc3cccc(I)c3)ccc2o1. The highest BCUT2D eigenvalue weighted by Crippen LogP contribution is 2.22. The van der Waals surface area contributed by atoms with Gasteiger partial charge in [0.2, 0.25) is 5.76 Å². The average molecular weight is 394 g/mol. The Hall–Kier alpha value is -2.02. The lowest BCUT2D eigenvalue weighted by Crippen LogP contribution is -1.95. The van der Waals surface area contributed by atoms with Gasteiger partial charge in [-0.2, -0.15) is 0 Å². The number of carbonyl (C=O) groups is 1. The molecule has 3 rings (SSSR count). The van der Waals surface area contributed by atoms with Crippen LogP contribution in [0.3, 0.4) is 0 Å². The number of carboxylic acid groups (broad SMARTS) is 1. The molecule has 0 aliphatic heterocycles. The number of fused-ring (bicyclic) bond motifs is 1. The summed E-state index contributed by atoms with van der Waals surface area (Å²) < 4.78 is 12.1. The van der Waals surface area contributed by atoms with E-state index in [0.717, 1.165) is 20.3 Å². The number of hydrogen-bond donors (Lipinski definition) is 1. The zero-order valence-corrected chi connectivity index (χ0v) is 13.0. The first-order valence-corrected chi connectivity index (χ1v) is 7.34. The van der Waals surface area contributed by atoms with Gasteiger partial charge in [0.15, 0.2) is 0 Å². The van der Waals surface area contributed by atoms with E-state index in [-0.39, 0.29) is 5.76 Å². The zero-order chi connectivity index (χ0) is 14.8. The number of halogens is 1. The quantitative estimate of drug-likeness (QED) is 0.670. The average Bonchev–Trinajstić information content (AvgIpc) is 2.88. The van der Waals surface area contributed by atoms with Gasteiger partial charge in [-0.1, -0.05) is 12.1 Å². The van der Waals surface area contributed by atoms with Gasteiger partial charge in [0.05, 0.1) is 0 Å². The predicted octanol–water partition coefficient (Wildman–Crippen LogP) is 4.31. The molecular formula is C16H11IO4. The molecule has 0 fully saturated rings. The minimum Gasteiger partial charge on any atom is -0.489 e. The predicted molar refractivity (Wildman–Crippen MR) is 86.7 cm³/mol. The van der Waals surface area contributed by atoms with Crippen molar-refractivity contribution in [3.8, 4) is 5.75 Å². The summed E-state index contributed by atoms with van der Waals surface area (Å²) in [5.74, 6) is -0.316. The molecule has 0 bridgehead atoms. The maximum atomic E-state index is 10.9. The van der Waals surface area contributed by atoms with Crippen molar-refractivity contribution in [3.05, 3.63) is 63.4 Å². The molecule has 0 spiro atoms. The lowest BCUT2D eigenvalue weighted by molar-refractivity contribution is 0.0665. The van der Waals surface area contributed by atoms with Gasteiger partial charge in [0, 0.05) is 8.96 Å². The van der Waals surface area contributed by atoms with E-state index in [1.165, 1.54) is 6.07 Å². The number of furan rings is 1. The molecule has 1 heterocycles. The van der Waals surface area contributed by atoms with Gasteiger partial charge in [0.25, 0.3) is 0 Å². The fourth-order valence-electron chi connectivity index (χ4n) is 2.01. The Bertz CT molecular complexity index is 807. The van der Waals surface area contributed by atoms with Crippen molar-refractivity contribution in [2.24, 2.45) is 0 Å². The molecule has 3 aromatic rings. The van der Waals surface area contributed by atoms with Crippen molar-refractivity contribution in [3.63, 3.8) is 0 Å². The number of benzene rings is 2. The lowest BCUT2D eigenvalue weighted by atomic mass is 10.1. The van der Waals surface area contributed by atoms with Crippen LogP contribution >= 0.6 is 22.6 Å². The van der Waals surface area contributed by atoms with Crippen LogP contribution in [0.5, 0.6) is 5.75 Å². The van der Waals surface area contributed by atoms with E-state index in [9.17, 15) is 4.79 Å². The highest BCUT2D eigenvalue weighted by molar-refractivity contribution is 14.1. The first kappa shape index (κ1) is 13.9. The normalized spacial score (nSPS) is 10.7. The van der Waals surface area contributed by atoms with Crippen molar-refractivity contribution in [2.75, 3.05) is 0 Å². The summed E-state index contributed by atoms with van der Waals surface area (Å²) in [5.41, 5.74) is 1.52. The van der Waals surface area contributed by atoms with Crippen molar-refractivity contribution >= 4 is 39.5 Å². The summed E-state index contributed by atoms with van der Waals surface area (Å²) in [6, 6.07) is 14.8. The van der Waals surface area contributed by atoms with Gasteiger partial charge in [-0.25, -0.2) is 4.79 Å². The Balaban J connectivity index is 1.79. The van der Waals surface area contributed by atoms with Crippen LogP contribution in [-0.4, -0.2) is 11.1 Å². The second-order valence-electron chi connectivity index (χ2n) is 4.53. The van der Waals surface area contributed by atoms with Crippen molar-refractivity contribution in [1.82, 2.24) is 0 Å². The minimum absolute atomic E-state index is 0.0549. The molecule has 0 radical (unpaired) electrons. The van der Waals surface area contributed by atoms with Gasteiger partial charge in [-0.05, 0) is 64.6 Å². The highest BCUT2D eigenvalue weighted by Gasteiger charge is 2.10. The lowest BCUT2D eigenvalue weighted by Gasteiger charge is -2.06. The second kappa shape index (κ2) is 5.77. The zero-order valence-electron chi connectivity index (χ0n) is 10.9. The summed E-state index contributed by atoms with van der Waals surface area (Å²) in [6.07, 6.45) is 0. The summed E-state index contributed by atoms with van der Waals surface area (Å²) in [6.45, 7) is 0.420. The first-order chi connectivity index (χ1) is 10.1. The molecule has 5 heteroatoms. The molecule has 0 saturated carbocycles. The summed E-state index contributed by atoms with van der Waals surface area (Å²) in [4.78, 5) is 10.9. The number of aromatic carboxylic acids is 1. The Morgan fingerprint density at radius 1 is 1.19 bits per heavy atom. The van der Waals surface area contributed by atoms with E-state index < -0.39 is 5.97 Å². The smallest absolute Gasteiger partial charge is 0.371 e. The van der Waals surface area contributed by atoms with Crippen LogP contribution in [0, 0.1) is 3.57 Å². The van der Waals surface area contributed by atoms with Crippen LogP contribution in [-0.2, 0) is 6.61 Å². The molecule has 0 unspecified atom stereocenters. The largest absolute Gasteiger partial charge is 0.489 e. The molecule has 0 amide bonds. The van der Waals surface area contributed by atoms with Gasteiger partial charge >= 0.3 is 5.97 Å². The third-order valence-electron chi connectivity index (χ3n) is 2.99. The van der Waals surface area contributed by atoms with Crippen molar-refractivity contribution in [1.29, 1.82) is 0 Å². The molecule has 4 nitrogen and oxygen atoms in total. The molecule has 0 aliphatic carbocycles. The Kier molecular flexibility index (Phi) is 3.83. The molecule has 0 saturated heterocycles. The first-order valence-electron chi connectivity index (χ1n) is 6.26. The molecule has 1 aromatic heterocycles. The molecule has 1 N–H and O–H groups in total. The molecular weight excluding hydrogens is 383 g/mol. The van der Waals surface area contributed by atoms with Crippen LogP contribution in [0.4, 0.5) is 0 Å². The monoisotopic (exact) mass is 394 g/mol. The number of rotatable bonds is 4. The highest BCUT2D eigenvalue weighted by atomic mass is 127. The van der Waals surface area contributed by atoms with Crippen LogP contribution in [0.25, 0.3) is 11.0 Å².